The number of hydrogen-bond acceptors (Lipinski definition) is 6. The quantitative estimate of drug-likeness (QED) is 0.448. The Balaban J connectivity index is 1.78. The van der Waals surface area contributed by atoms with Gasteiger partial charge in [-0.3, -0.25) is 9.48 Å². The molecule has 0 radical (unpaired) electrons. The number of nitrogens with one attached hydrogen (secondary N) is 2. The van der Waals surface area contributed by atoms with Gasteiger partial charge in [0, 0.05) is 36.7 Å². The maximum Gasteiger partial charge on any atom is 0.408 e. The highest BCUT2D eigenvalue weighted by Crippen LogP contribution is 2.39. The van der Waals surface area contributed by atoms with Crippen LogP contribution in [0, 0.1) is 5.92 Å². The molecule has 1 aliphatic rings. The number of hydrogen-bond donors (Lipinski definition) is 2. The van der Waals surface area contributed by atoms with Crippen molar-refractivity contribution in [1.29, 1.82) is 0 Å². The predicted octanol–water partition coefficient (Wildman–Crippen LogP) is 4.93. The minimum absolute atomic E-state index is 0.0262. The fraction of sp³-hybridized carbons (Fsp3) is 0.583. The van der Waals surface area contributed by atoms with Crippen LogP contribution in [0.1, 0.15) is 50.0 Å². The second-order valence-electron chi connectivity index (χ2n) is 9.33. The molecule has 0 bridgehead atoms. The van der Waals surface area contributed by atoms with E-state index in [-0.39, 0.29) is 33.3 Å². The van der Waals surface area contributed by atoms with E-state index < -0.39 is 28.0 Å². The lowest BCUT2D eigenvalue weighted by molar-refractivity contribution is -0.138. The molecule has 1 heterocycles. The third kappa shape index (κ3) is 6.90. The summed E-state index contributed by atoms with van der Waals surface area (Å²) < 4.78 is 69.3. The lowest BCUT2D eigenvalue weighted by Crippen LogP contribution is -2.34. The van der Waals surface area contributed by atoms with Crippen LogP contribution >= 0.6 is 11.6 Å². The number of carbonyl (C=O) groups excluding carboxylic acids is 1. The van der Waals surface area contributed by atoms with Crippen molar-refractivity contribution >= 4 is 33.0 Å². The second kappa shape index (κ2) is 11.5. The second-order valence-corrected chi connectivity index (χ2v) is 12.0. The fourth-order valence-corrected chi connectivity index (χ4v) is 5.92. The topological polar surface area (TPSA) is 102 Å². The smallest absolute Gasteiger partial charge is 0.408 e. The lowest BCUT2D eigenvalue weighted by atomic mass is 9.89. The molecule has 1 aromatic heterocycles. The van der Waals surface area contributed by atoms with Crippen molar-refractivity contribution in [2.75, 3.05) is 25.2 Å². The minimum atomic E-state index is -4.41. The monoisotopic (exact) mass is 564 g/mol. The molecule has 8 nitrogen and oxygen atoms in total. The van der Waals surface area contributed by atoms with E-state index in [2.05, 4.69) is 15.7 Å². The molecule has 1 aromatic carbocycles. The molecule has 13 heteroatoms. The van der Waals surface area contributed by atoms with Gasteiger partial charge in [0.1, 0.15) is 21.6 Å². The summed E-state index contributed by atoms with van der Waals surface area (Å²) in [4.78, 5) is 13.0. The van der Waals surface area contributed by atoms with Gasteiger partial charge in [-0.25, -0.2) is 8.42 Å². The van der Waals surface area contributed by atoms with Gasteiger partial charge in [-0.2, -0.15) is 18.3 Å². The van der Waals surface area contributed by atoms with Gasteiger partial charge in [-0.15, -0.1) is 0 Å². The van der Waals surface area contributed by atoms with Crippen molar-refractivity contribution in [3.63, 3.8) is 0 Å². The summed E-state index contributed by atoms with van der Waals surface area (Å²) in [6.07, 6.45) is -0.616. The third-order valence-corrected chi connectivity index (χ3v) is 8.73. The van der Waals surface area contributed by atoms with E-state index in [0.29, 0.717) is 50.0 Å². The Labute approximate surface area is 219 Å². The summed E-state index contributed by atoms with van der Waals surface area (Å²) in [5.74, 6) is -0.0295. The molecule has 1 saturated carbocycles. The van der Waals surface area contributed by atoms with E-state index in [1.807, 2.05) is 6.92 Å². The van der Waals surface area contributed by atoms with Gasteiger partial charge < -0.3 is 15.4 Å². The Morgan fingerprint density at radius 2 is 1.92 bits per heavy atom. The maximum absolute atomic E-state index is 13.0. The van der Waals surface area contributed by atoms with Gasteiger partial charge >= 0.3 is 6.18 Å². The Morgan fingerprint density at radius 1 is 1.27 bits per heavy atom. The van der Waals surface area contributed by atoms with Crippen LogP contribution in [0.3, 0.4) is 0 Å². The number of alkyl halides is 3. The predicted molar refractivity (Wildman–Crippen MR) is 137 cm³/mol. The molecule has 3 rings (SSSR count). The number of rotatable bonds is 9. The number of benzene rings is 1. The van der Waals surface area contributed by atoms with Crippen LogP contribution in [0.15, 0.2) is 18.2 Å². The minimum Gasteiger partial charge on any atom is -0.496 e. The van der Waals surface area contributed by atoms with Gasteiger partial charge in [-0.05, 0) is 57.6 Å². The number of carbonyl (C=O) groups is 1. The number of methoxy groups -OCH3 is 1. The van der Waals surface area contributed by atoms with Crippen molar-refractivity contribution in [1.82, 2.24) is 15.1 Å². The molecule has 1 atom stereocenters. The summed E-state index contributed by atoms with van der Waals surface area (Å²) in [5, 5.41) is 9.39. The van der Waals surface area contributed by atoms with E-state index in [9.17, 15) is 26.4 Å². The molecule has 206 valence electrons. The summed E-state index contributed by atoms with van der Waals surface area (Å²) in [6.45, 7) is 3.60. The standard InChI is InChI=1S/C24H32ClF3N4O4S/c1-5-32-22(18-11-8-16(12-19(18)36-3)30-14(2)24(26,27)28)20(25)21(31-32)23(33)29-13-15-6-9-17(10-7-15)37(4,34)35/h8,11-12,14-15,17,30H,5-7,9-10,13H2,1-4H3,(H,29,33)/t14-,15-,17-/m1/s1. The number of halogens is 4. The molecule has 1 fully saturated rings. The zero-order valence-electron chi connectivity index (χ0n) is 21.2. The highest BCUT2D eigenvalue weighted by Gasteiger charge is 2.36. The van der Waals surface area contributed by atoms with Crippen molar-refractivity contribution in [2.24, 2.45) is 5.92 Å². The third-order valence-electron chi connectivity index (χ3n) is 6.69. The summed E-state index contributed by atoms with van der Waals surface area (Å²) in [6, 6.07) is 2.73. The Hall–Kier alpha value is -2.47. The first kappa shape index (κ1) is 29.1. The molecular weight excluding hydrogens is 533 g/mol. The summed E-state index contributed by atoms with van der Waals surface area (Å²) >= 11 is 6.61. The SMILES string of the molecule is CCn1nc(C(=O)NC[C@H]2CC[C@H](S(C)(=O)=O)CC2)c(Cl)c1-c1ccc(N[C@H](C)C(F)(F)F)cc1OC. The molecule has 0 spiro atoms. The molecule has 0 aliphatic heterocycles. The highest BCUT2D eigenvalue weighted by atomic mass is 35.5. The van der Waals surface area contributed by atoms with Crippen LogP contribution in [-0.4, -0.2) is 61.5 Å². The average molecular weight is 565 g/mol. The molecular formula is C24H32ClF3N4O4S. The number of ether oxygens (including phenoxy) is 1. The first-order chi connectivity index (χ1) is 17.3. The number of aromatic nitrogens is 2. The molecule has 2 aromatic rings. The Kier molecular flexibility index (Phi) is 9.05. The van der Waals surface area contributed by atoms with Gasteiger partial charge in [0.2, 0.25) is 0 Å². The first-order valence-electron chi connectivity index (χ1n) is 12.0. The molecule has 1 aliphatic carbocycles. The van der Waals surface area contributed by atoms with Crippen LogP contribution in [0.4, 0.5) is 18.9 Å². The van der Waals surface area contributed by atoms with Crippen molar-refractivity contribution in [3.05, 3.63) is 28.9 Å². The van der Waals surface area contributed by atoms with Crippen LogP contribution in [0.25, 0.3) is 11.3 Å². The number of amides is 1. The van der Waals surface area contributed by atoms with Crippen LogP contribution in [-0.2, 0) is 16.4 Å². The van der Waals surface area contributed by atoms with Gasteiger partial charge in [0.05, 0.1) is 23.1 Å². The molecule has 0 saturated heterocycles. The number of sulfone groups is 1. The number of aryl methyl sites for hydroxylation is 1. The Bertz CT molecular complexity index is 1230. The van der Waals surface area contributed by atoms with Crippen molar-refractivity contribution in [3.8, 4) is 17.0 Å². The molecule has 1 amide bonds. The van der Waals surface area contributed by atoms with Crippen molar-refractivity contribution in [2.45, 2.75) is 63.5 Å². The van der Waals surface area contributed by atoms with Gasteiger partial charge in [0.25, 0.3) is 5.91 Å². The summed E-state index contributed by atoms with van der Waals surface area (Å²) in [5.41, 5.74) is 1.13. The maximum atomic E-state index is 13.0. The molecule has 2 N–H and O–H groups in total. The van der Waals surface area contributed by atoms with E-state index in [1.165, 1.54) is 30.2 Å². The zero-order valence-corrected chi connectivity index (χ0v) is 22.7. The van der Waals surface area contributed by atoms with E-state index in [1.54, 1.807) is 6.07 Å². The van der Waals surface area contributed by atoms with Crippen LogP contribution in [0.5, 0.6) is 5.75 Å². The van der Waals surface area contributed by atoms with Crippen molar-refractivity contribution < 1.29 is 31.1 Å². The van der Waals surface area contributed by atoms with E-state index >= 15 is 0 Å². The number of anilines is 1. The number of nitrogens with zero attached hydrogens (tertiary/aromatic N) is 2. The van der Waals surface area contributed by atoms with Crippen LogP contribution < -0.4 is 15.4 Å². The zero-order chi connectivity index (χ0) is 27.5. The van der Waals surface area contributed by atoms with E-state index in [0.717, 1.165) is 6.92 Å². The normalized spacial score (nSPS) is 19.4. The lowest BCUT2D eigenvalue weighted by Gasteiger charge is -2.27. The highest BCUT2D eigenvalue weighted by molar-refractivity contribution is 7.91. The first-order valence-corrected chi connectivity index (χ1v) is 14.3. The van der Waals surface area contributed by atoms with E-state index in [4.69, 9.17) is 16.3 Å². The van der Waals surface area contributed by atoms with Crippen LogP contribution in [0.2, 0.25) is 5.02 Å². The summed E-state index contributed by atoms with van der Waals surface area (Å²) in [7, 11) is -1.67. The van der Waals surface area contributed by atoms with Gasteiger partial charge in [0.15, 0.2) is 5.69 Å². The fourth-order valence-electron chi connectivity index (χ4n) is 4.46. The Morgan fingerprint density at radius 3 is 2.46 bits per heavy atom. The molecule has 0 unspecified atom stereocenters. The average Bonchev–Trinajstić information content (AvgIpc) is 3.17. The van der Waals surface area contributed by atoms with Gasteiger partial charge in [-0.1, -0.05) is 11.6 Å². The largest absolute Gasteiger partial charge is 0.496 e. The molecule has 37 heavy (non-hydrogen) atoms.